The molecule has 0 radical (unpaired) electrons. The number of ether oxygens (including phenoxy) is 2. The van der Waals surface area contributed by atoms with Gasteiger partial charge in [-0.2, -0.15) is 0 Å². The van der Waals surface area contributed by atoms with Crippen LogP contribution in [-0.4, -0.2) is 26.2 Å². The maximum Gasteiger partial charge on any atom is 0.239 e. The molecule has 0 atom stereocenters. The Balaban J connectivity index is 1.71. The van der Waals surface area contributed by atoms with Gasteiger partial charge in [0, 0.05) is 12.2 Å². The molecule has 2 aromatic rings. The van der Waals surface area contributed by atoms with Crippen LogP contribution in [0.4, 0.5) is 5.69 Å². The van der Waals surface area contributed by atoms with E-state index in [-0.39, 0.29) is 12.5 Å². The zero-order chi connectivity index (χ0) is 18.1. The molecule has 0 aliphatic heterocycles. The zero-order valence-electron chi connectivity index (χ0n) is 15.0. The normalized spacial score (nSPS) is 10.4. The minimum atomic E-state index is -0.0593. The second-order valence-corrected chi connectivity index (χ2v) is 6.21. The van der Waals surface area contributed by atoms with Gasteiger partial charge in [0.15, 0.2) is 0 Å². The topological polar surface area (TPSA) is 59.6 Å². The van der Waals surface area contributed by atoms with Gasteiger partial charge in [-0.1, -0.05) is 26.0 Å². The molecule has 0 aliphatic carbocycles. The molecule has 0 unspecified atom stereocenters. The minimum Gasteiger partial charge on any atom is -0.497 e. The number of hydrogen-bond donors (Lipinski definition) is 2. The molecule has 0 fully saturated rings. The number of amides is 1. The van der Waals surface area contributed by atoms with Crippen molar-refractivity contribution in [1.29, 1.82) is 0 Å². The molecule has 5 nitrogen and oxygen atoms in total. The third kappa shape index (κ3) is 6.75. The highest BCUT2D eigenvalue weighted by atomic mass is 16.5. The first kappa shape index (κ1) is 18.6. The lowest BCUT2D eigenvalue weighted by Gasteiger charge is -2.11. The smallest absolute Gasteiger partial charge is 0.239 e. The lowest BCUT2D eigenvalue weighted by Crippen LogP contribution is -2.29. The van der Waals surface area contributed by atoms with E-state index < -0.39 is 0 Å². The van der Waals surface area contributed by atoms with Crippen molar-refractivity contribution in [2.75, 3.05) is 25.6 Å². The van der Waals surface area contributed by atoms with E-state index in [1.54, 1.807) is 7.11 Å². The molecule has 0 bridgehead atoms. The first-order valence-electron chi connectivity index (χ1n) is 8.43. The van der Waals surface area contributed by atoms with Crippen LogP contribution in [0.25, 0.3) is 0 Å². The summed E-state index contributed by atoms with van der Waals surface area (Å²) in [5.41, 5.74) is 1.91. The maximum atomic E-state index is 11.9. The van der Waals surface area contributed by atoms with Crippen molar-refractivity contribution >= 4 is 11.6 Å². The molecule has 0 aromatic heterocycles. The van der Waals surface area contributed by atoms with Crippen LogP contribution in [0.15, 0.2) is 48.5 Å². The van der Waals surface area contributed by atoms with E-state index in [9.17, 15) is 4.79 Å². The summed E-state index contributed by atoms with van der Waals surface area (Å²) in [6, 6.07) is 15.2. The van der Waals surface area contributed by atoms with E-state index in [4.69, 9.17) is 9.47 Å². The number of hydrogen-bond acceptors (Lipinski definition) is 4. The van der Waals surface area contributed by atoms with Crippen molar-refractivity contribution in [1.82, 2.24) is 5.32 Å². The highest BCUT2D eigenvalue weighted by Gasteiger charge is 2.03. The molecule has 0 spiro atoms. The van der Waals surface area contributed by atoms with Gasteiger partial charge < -0.3 is 20.1 Å². The van der Waals surface area contributed by atoms with Crippen LogP contribution < -0.4 is 20.1 Å². The Morgan fingerprint density at radius 1 is 1.00 bits per heavy atom. The summed E-state index contributed by atoms with van der Waals surface area (Å²) < 4.78 is 10.7. The Kier molecular flexibility index (Phi) is 7.14. The van der Waals surface area contributed by atoms with Crippen molar-refractivity contribution in [3.8, 4) is 11.5 Å². The molecule has 0 heterocycles. The van der Waals surface area contributed by atoms with Gasteiger partial charge in [0.25, 0.3) is 0 Å². The zero-order valence-corrected chi connectivity index (χ0v) is 15.0. The number of carbonyl (C=O) groups excluding carboxylic acids is 1. The Bertz CT molecular complexity index is 652. The number of rotatable bonds is 9. The van der Waals surface area contributed by atoms with Gasteiger partial charge in [0.05, 0.1) is 20.3 Å². The van der Waals surface area contributed by atoms with Crippen LogP contribution >= 0.6 is 0 Å². The second kappa shape index (κ2) is 9.57. The van der Waals surface area contributed by atoms with Crippen LogP contribution in [0.3, 0.4) is 0 Å². The number of carbonyl (C=O) groups is 1. The third-order valence-electron chi connectivity index (χ3n) is 3.54. The number of anilines is 1. The van der Waals surface area contributed by atoms with E-state index in [1.807, 2.05) is 48.5 Å². The van der Waals surface area contributed by atoms with E-state index in [2.05, 4.69) is 24.5 Å². The molecular formula is C20H26N2O3. The highest BCUT2D eigenvalue weighted by Crippen LogP contribution is 2.16. The summed E-state index contributed by atoms with van der Waals surface area (Å²) in [6.45, 7) is 5.64. The third-order valence-corrected chi connectivity index (χ3v) is 3.54. The largest absolute Gasteiger partial charge is 0.497 e. The summed E-state index contributed by atoms with van der Waals surface area (Å²) in [5, 5.41) is 5.99. The van der Waals surface area contributed by atoms with E-state index in [1.165, 1.54) is 0 Å². The maximum absolute atomic E-state index is 11.9. The van der Waals surface area contributed by atoms with E-state index in [0.29, 0.717) is 19.1 Å². The molecule has 0 aliphatic rings. The molecular weight excluding hydrogens is 316 g/mol. The summed E-state index contributed by atoms with van der Waals surface area (Å²) >= 11 is 0. The molecule has 2 aromatic carbocycles. The van der Waals surface area contributed by atoms with Crippen LogP contribution in [0.1, 0.15) is 19.4 Å². The Hall–Kier alpha value is -2.69. The average Bonchev–Trinajstić information content (AvgIpc) is 2.64. The summed E-state index contributed by atoms with van der Waals surface area (Å²) in [7, 11) is 1.63. The van der Waals surface area contributed by atoms with Crippen molar-refractivity contribution in [2.24, 2.45) is 5.92 Å². The summed E-state index contributed by atoms with van der Waals surface area (Å²) in [6.07, 6.45) is 0. The van der Waals surface area contributed by atoms with Crippen LogP contribution in [0, 0.1) is 5.92 Å². The van der Waals surface area contributed by atoms with Gasteiger partial charge in [-0.25, -0.2) is 0 Å². The van der Waals surface area contributed by atoms with Gasteiger partial charge in [-0.3, -0.25) is 4.79 Å². The molecule has 5 heteroatoms. The van der Waals surface area contributed by atoms with Gasteiger partial charge in [-0.15, -0.1) is 0 Å². The van der Waals surface area contributed by atoms with Gasteiger partial charge in [-0.05, 0) is 47.9 Å². The highest BCUT2D eigenvalue weighted by molar-refractivity contribution is 5.80. The fourth-order valence-corrected chi connectivity index (χ4v) is 2.12. The first-order chi connectivity index (χ1) is 12.1. The molecule has 2 N–H and O–H groups in total. The van der Waals surface area contributed by atoms with Crippen LogP contribution in [-0.2, 0) is 11.3 Å². The van der Waals surface area contributed by atoms with Crippen LogP contribution in [0.2, 0.25) is 0 Å². The molecule has 2 rings (SSSR count). The fourth-order valence-electron chi connectivity index (χ4n) is 2.12. The lowest BCUT2D eigenvalue weighted by molar-refractivity contribution is -0.119. The number of nitrogens with one attached hydrogen (secondary N) is 2. The molecule has 0 saturated heterocycles. The average molecular weight is 342 g/mol. The van der Waals surface area contributed by atoms with E-state index >= 15 is 0 Å². The predicted molar refractivity (Wildman–Crippen MR) is 100 cm³/mol. The van der Waals surface area contributed by atoms with Gasteiger partial charge in [0.1, 0.15) is 11.5 Å². The Morgan fingerprint density at radius 3 is 2.24 bits per heavy atom. The molecule has 25 heavy (non-hydrogen) atoms. The van der Waals surface area contributed by atoms with Gasteiger partial charge >= 0.3 is 0 Å². The minimum absolute atomic E-state index is 0.0593. The summed E-state index contributed by atoms with van der Waals surface area (Å²) in [5.74, 6) is 2.07. The summed E-state index contributed by atoms with van der Waals surface area (Å²) in [4.78, 5) is 11.9. The first-order valence-corrected chi connectivity index (χ1v) is 8.43. The monoisotopic (exact) mass is 342 g/mol. The Labute approximate surface area is 149 Å². The van der Waals surface area contributed by atoms with E-state index in [0.717, 1.165) is 22.7 Å². The van der Waals surface area contributed by atoms with Crippen LogP contribution in [0.5, 0.6) is 11.5 Å². The fraction of sp³-hybridized carbons (Fsp3) is 0.350. The second-order valence-electron chi connectivity index (χ2n) is 6.21. The number of benzene rings is 2. The van der Waals surface area contributed by atoms with Crippen molar-refractivity contribution in [2.45, 2.75) is 20.4 Å². The van der Waals surface area contributed by atoms with Crippen molar-refractivity contribution in [3.63, 3.8) is 0 Å². The van der Waals surface area contributed by atoms with Crippen molar-refractivity contribution < 1.29 is 14.3 Å². The lowest BCUT2D eigenvalue weighted by atomic mass is 10.2. The number of methoxy groups -OCH3 is 1. The SMILES string of the molecule is COc1ccc(CNC(=O)CNc2ccc(OCC(C)C)cc2)cc1. The molecule has 0 saturated carbocycles. The predicted octanol–water partition coefficient (Wildman–Crippen LogP) is 3.46. The quantitative estimate of drug-likeness (QED) is 0.733. The molecule has 1 amide bonds. The van der Waals surface area contributed by atoms with Crippen molar-refractivity contribution in [3.05, 3.63) is 54.1 Å². The van der Waals surface area contributed by atoms with Gasteiger partial charge in [0.2, 0.25) is 5.91 Å². The standard InChI is InChI=1S/C20H26N2O3/c1-15(2)14-25-19-10-6-17(7-11-19)21-13-20(23)22-12-16-4-8-18(24-3)9-5-16/h4-11,15,21H,12-14H2,1-3H3,(H,22,23). The molecule has 134 valence electrons. The Morgan fingerprint density at radius 2 is 1.64 bits per heavy atom.